The van der Waals surface area contributed by atoms with E-state index in [2.05, 4.69) is 72.3 Å². The maximum Gasteiger partial charge on any atom is 0.251 e. The molecule has 1 aromatic carbocycles. The fraction of sp³-hybridized carbons (Fsp3) is 0.700. The van der Waals surface area contributed by atoms with Crippen LogP contribution in [-0.4, -0.2) is 191 Å². The van der Waals surface area contributed by atoms with Crippen LogP contribution in [0.15, 0.2) is 30.3 Å². The van der Waals surface area contributed by atoms with Gasteiger partial charge >= 0.3 is 0 Å². The highest BCUT2D eigenvalue weighted by Crippen LogP contribution is 2.13. The number of benzene rings is 1. The number of carbonyl (C=O) groups excluding carboxylic acids is 12. The second-order valence-corrected chi connectivity index (χ2v) is 22.7. The van der Waals surface area contributed by atoms with Gasteiger partial charge in [0.1, 0.15) is 54.4 Å². The van der Waals surface area contributed by atoms with Crippen molar-refractivity contribution in [2.24, 2.45) is 17.2 Å². The lowest BCUT2D eigenvalue weighted by atomic mass is 10.0. The number of Topliss-reactive ketones (excluding diaryl/α,β-unsaturated/α-hetero) is 1. The highest BCUT2D eigenvalue weighted by atomic mass is 16.3. The Morgan fingerprint density at radius 3 is 1.43 bits per heavy atom. The van der Waals surface area contributed by atoms with Crippen molar-refractivity contribution in [2.45, 2.75) is 242 Å². The van der Waals surface area contributed by atoms with E-state index in [1.165, 1.54) is 6.92 Å². The zero-order valence-corrected chi connectivity index (χ0v) is 52.6. The van der Waals surface area contributed by atoms with E-state index < -0.39 is 162 Å². The van der Waals surface area contributed by atoms with Gasteiger partial charge in [0.2, 0.25) is 59.1 Å². The molecule has 1 aliphatic heterocycles. The van der Waals surface area contributed by atoms with Crippen LogP contribution in [0.1, 0.15) is 163 Å². The van der Waals surface area contributed by atoms with Crippen LogP contribution in [0.2, 0.25) is 0 Å². The van der Waals surface area contributed by atoms with Gasteiger partial charge in [-0.2, -0.15) is 0 Å². The van der Waals surface area contributed by atoms with Crippen molar-refractivity contribution in [3.63, 3.8) is 0 Å². The van der Waals surface area contributed by atoms with Gasteiger partial charge in [-0.05, 0) is 91.4 Å². The molecule has 0 spiro atoms. The Morgan fingerprint density at radius 1 is 0.517 bits per heavy atom. The third kappa shape index (κ3) is 28.9. The number of aliphatic hydroxyl groups is 3. The molecule has 11 amide bonds. The van der Waals surface area contributed by atoms with E-state index in [0.717, 1.165) is 78.6 Å². The van der Waals surface area contributed by atoms with E-state index in [-0.39, 0.29) is 58.2 Å². The number of rotatable bonds is 33. The lowest BCUT2D eigenvalue weighted by molar-refractivity contribution is -0.139. The summed E-state index contributed by atoms with van der Waals surface area (Å²) in [6.07, 6.45) is 3.79. The summed E-state index contributed by atoms with van der Waals surface area (Å²) in [5.41, 5.74) is 18.3. The molecule has 29 heteroatoms. The molecular weight excluding hydrogens is 1160 g/mol. The summed E-state index contributed by atoms with van der Waals surface area (Å²) in [4.78, 5) is 167. The highest BCUT2D eigenvalue weighted by Gasteiger charge is 2.39. The summed E-state index contributed by atoms with van der Waals surface area (Å²) in [5, 5.41) is 59.8. The van der Waals surface area contributed by atoms with Crippen LogP contribution in [0.4, 0.5) is 0 Å². The Balaban J connectivity index is 2.70. The first kappa shape index (κ1) is 77.9. The van der Waals surface area contributed by atoms with Crippen LogP contribution in [-0.2, 0) is 64.0 Å². The molecule has 0 aromatic heterocycles. The zero-order valence-electron chi connectivity index (χ0n) is 52.6. The predicted molar refractivity (Wildman–Crippen MR) is 330 cm³/mol. The molecule has 0 aliphatic carbocycles. The molecule has 1 aliphatic rings. The monoisotopic (exact) mass is 1260 g/mol. The molecule has 0 saturated carbocycles. The highest BCUT2D eigenvalue weighted by molar-refractivity contribution is 6.08. The fourth-order valence-corrected chi connectivity index (χ4v) is 9.70. The first-order valence-electron chi connectivity index (χ1n) is 31.3. The Hall–Kier alpha value is -7.18. The molecule has 1 heterocycles. The van der Waals surface area contributed by atoms with E-state index >= 15 is 0 Å². The largest absolute Gasteiger partial charge is 0.391 e. The minimum absolute atomic E-state index is 0.00635. The van der Waals surface area contributed by atoms with E-state index in [1.807, 2.05) is 0 Å². The third-order valence-corrected chi connectivity index (χ3v) is 14.9. The fourth-order valence-electron chi connectivity index (χ4n) is 9.70. The summed E-state index contributed by atoms with van der Waals surface area (Å²) < 4.78 is 0. The van der Waals surface area contributed by atoms with Crippen LogP contribution in [0, 0.1) is 0 Å². The van der Waals surface area contributed by atoms with Gasteiger partial charge < -0.3 is 91.0 Å². The van der Waals surface area contributed by atoms with Crippen LogP contribution in [0.3, 0.4) is 0 Å². The molecule has 1 fully saturated rings. The maximum atomic E-state index is 14.6. The maximum absolute atomic E-state index is 14.6. The molecule has 2 rings (SSSR count). The number of carbonyl (C=O) groups is 12. The average Bonchev–Trinajstić information content (AvgIpc) is 3.19. The number of hydrogen-bond donors (Lipinski definition) is 17. The molecule has 13 atom stereocenters. The molecule has 502 valence electrons. The normalized spacial score (nSPS) is 22.3. The van der Waals surface area contributed by atoms with Crippen molar-refractivity contribution in [3.8, 4) is 0 Å². The molecular formula is C60H102N14O15. The first-order valence-corrected chi connectivity index (χ1v) is 31.3. The van der Waals surface area contributed by atoms with Gasteiger partial charge in [-0.25, -0.2) is 0 Å². The standard InChI is InChI=1S/C60H102N14O15/c1-7-9-11-13-15-20-24-40-51(80)66-41(26-30-61)52(81)68-43(28-32-63)55(84)72-47(35(3)75)57(86)64-33-29-44(54(83)67-42(27-31-62)53(82)70-45(56(85)65-40)34-39-22-18-17-19-23-39)69-58(87)49(37(5)77)73-60(89)50(38(6)78)74-59(88)48(36(4)76)71-46(79)25-21-16-14-12-10-8-2/h17-19,22-23,35,37-38,40-45,47-50,75,77-78H,7-16,20-21,24-34,61-63H2,1-6H3,(H,64,86)(H,65,85)(H,66,80)(H,67,83)(H,68,81)(H,69,87)(H,70,82)(H,71,79)(H,72,84)(H,73,89)(H,74,88). The summed E-state index contributed by atoms with van der Waals surface area (Å²) in [5.74, 6) is -11.6. The molecule has 89 heavy (non-hydrogen) atoms. The van der Waals surface area contributed by atoms with Crippen molar-refractivity contribution in [1.29, 1.82) is 0 Å². The quantitative estimate of drug-likeness (QED) is 0.0244. The zero-order chi connectivity index (χ0) is 66.6. The van der Waals surface area contributed by atoms with Crippen molar-refractivity contribution in [1.82, 2.24) is 58.5 Å². The second kappa shape index (κ2) is 42.7. The first-order chi connectivity index (χ1) is 42.3. The lowest BCUT2D eigenvalue weighted by Crippen LogP contribution is -2.63. The topological polar surface area (TPSA) is 476 Å². The Bertz CT molecular complexity index is 2440. The Labute approximate surface area is 522 Å². The van der Waals surface area contributed by atoms with Gasteiger partial charge in [0, 0.05) is 19.4 Å². The number of unbranched alkanes of at least 4 members (excludes halogenated alkanes) is 10. The second-order valence-electron chi connectivity index (χ2n) is 22.7. The smallest absolute Gasteiger partial charge is 0.251 e. The molecule has 1 saturated heterocycles. The van der Waals surface area contributed by atoms with E-state index in [1.54, 1.807) is 30.3 Å². The molecule has 1 aromatic rings. The van der Waals surface area contributed by atoms with Crippen LogP contribution >= 0.6 is 0 Å². The average molecular weight is 1260 g/mol. The third-order valence-electron chi connectivity index (χ3n) is 14.9. The van der Waals surface area contributed by atoms with E-state index in [9.17, 15) is 72.9 Å². The molecule has 13 unspecified atom stereocenters. The molecule has 0 radical (unpaired) electrons. The van der Waals surface area contributed by atoms with Crippen LogP contribution in [0.25, 0.3) is 0 Å². The number of ketones is 1. The van der Waals surface area contributed by atoms with E-state index in [0.29, 0.717) is 24.8 Å². The van der Waals surface area contributed by atoms with Crippen LogP contribution < -0.4 is 75.7 Å². The van der Waals surface area contributed by atoms with Gasteiger partial charge in [0.15, 0.2) is 11.8 Å². The number of amides is 11. The number of aliphatic hydroxyl groups excluding tert-OH is 3. The summed E-state index contributed by atoms with van der Waals surface area (Å²) in [7, 11) is 0. The van der Waals surface area contributed by atoms with Crippen molar-refractivity contribution >= 4 is 70.8 Å². The van der Waals surface area contributed by atoms with Gasteiger partial charge in [-0.15, -0.1) is 0 Å². The van der Waals surface area contributed by atoms with Gasteiger partial charge in [0.25, 0.3) is 5.91 Å². The number of nitrogens with two attached hydrogens (primary N) is 3. The number of nitrogens with one attached hydrogen (secondary N) is 11. The van der Waals surface area contributed by atoms with Gasteiger partial charge in [0.05, 0.1) is 18.3 Å². The summed E-state index contributed by atoms with van der Waals surface area (Å²) in [6.45, 7) is 7.51. The summed E-state index contributed by atoms with van der Waals surface area (Å²) >= 11 is 0. The Kier molecular flexibility index (Phi) is 37.4. The lowest BCUT2D eigenvalue weighted by Gasteiger charge is -2.29. The van der Waals surface area contributed by atoms with Gasteiger partial charge in [-0.1, -0.05) is 115 Å². The van der Waals surface area contributed by atoms with E-state index in [4.69, 9.17) is 17.2 Å². The minimum atomic E-state index is -1.98. The molecule has 20 N–H and O–H groups in total. The number of hydrogen-bond acceptors (Lipinski definition) is 18. The van der Waals surface area contributed by atoms with Crippen LogP contribution in [0.5, 0.6) is 0 Å². The van der Waals surface area contributed by atoms with Crippen molar-refractivity contribution in [2.75, 3.05) is 26.2 Å². The summed E-state index contributed by atoms with van der Waals surface area (Å²) in [6, 6.07) is -7.70. The molecule has 29 nitrogen and oxygen atoms in total. The predicted octanol–water partition coefficient (Wildman–Crippen LogP) is -3.12. The van der Waals surface area contributed by atoms with Gasteiger partial charge in [-0.3, -0.25) is 57.5 Å². The van der Waals surface area contributed by atoms with Crippen molar-refractivity contribution < 1.29 is 72.9 Å². The SMILES string of the molecule is CCCCCCCCC(=O)NC(C(C)=O)C(=O)NC(C(=O)NC(C(=O)NC1CCNC(=O)C(C(C)O)NC(=O)C(CCN)NC(=O)C(CCN)NC(=O)C(CCCCCCCC)NC(=O)C(Cc2ccccc2)NC(=O)C(CCN)NC1=O)C(C)O)C(C)O. The minimum Gasteiger partial charge on any atom is -0.391 e. The molecule has 0 bridgehead atoms. The van der Waals surface area contributed by atoms with Crippen molar-refractivity contribution in [3.05, 3.63) is 35.9 Å². The Morgan fingerprint density at radius 2 is 0.944 bits per heavy atom.